The highest BCUT2D eigenvalue weighted by atomic mass is 15.3. The van der Waals surface area contributed by atoms with Gasteiger partial charge in [0, 0.05) is 18.8 Å². The fourth-order valence-corrected chi connectivity index (χ4v) is 2.07. The summed E-state index contributed by atoms with van der Waals surface area (Å²) in [5.41, 5.74) is 0.430. The van der Waals surface area contributed by atoms with Crippen LogP contribution in [0.5, 0.6) is 0 Å². The molecule has 0 amide bonds. The summed E-state index contributed by atoms with van der Waals surface area (Å²) in [5.74, 6) is 1.22. The molecule has 0 atom stereocenters. The lowest BCUT2D eigenvalue weighted by Crippen LogP contribution is -2.38. The average Bonchev–Trinajstić information content (AvgIpc) is 2.38. The van der Waals surface area contributed by atoms with E-state index >= 15 is 0 Å². The molecule has 0 bridgehead atoms. The highest BCUT2D eigenvalue weighted by Crippen LogP contribution is 2.18. The van der Waals surface area contributed by atoms with E-state index in [9.17, 15) is 0 Å². The van der Waals surface area contributed by atoms with Crippen molar-refractivity contribution in [3.63, 3.8) is 0 Å². The van der Waals surface area contributed by atoms with Gasteiger partial charge in [-0.2, -0.15) is 5.26 Å². The average molecular weight is 246 g/mol. The van der Waals surface area contributed by atoms with Crippen molar-refractivity contribution in [1.82, 2.24) is 9.97 Å². The number of anilines is 1. The lowest BCUT2D eigenvalue weighted by atomic mass is 10.1. The number of rotatable bonds is 6. The monoisotopic (exact) mass is 246 g/mol. The van der Waals surface area contributed by atoms with Crippen molar-refractivity contribution >= 4 is 5.95 Å². The third-order valence-electron chi connectivity index (χ3n) is 2.96. The number of nitrogens with zero attached hydrogens (tertiary/aromatic N) is 4. The van der Waals surface area contributed by atoms with Crippen LogP contribution in [0.25, 0.3) is 0 Å². The van der Waals surface area contributed by atoms with Gasteiger partial charge in [0.25, 0.3) is 0 Å². The quantitative estimate of drug-likeness (QED) is 0.774. The van der Waals surface area contributed by atoms with Crippen LogP contribution in [0.1, 0.15) is 46.2 Å². The van der Waals surface area contributed by atoms with Crippen LogP contribution in [-0.2, 0) is 0 Å². The molecule has 0 aliphatic heterocycles. The maximum Gasteiger partial charge on any atom is 0.226 e. The van der Waals surface area contributed by atoms with Crippen molar-refractivity contribution in [2.45, 2.75) is 46.6 Å². The standard InChI is InChI=1S/C14H22N4/c1-5-13(6-2)18(10-11(3)4)14-16-8-7-12(9-15)17-14/h7-8,11,13H,5-6,10H2,1-4H3. The lowest BCUT2D eigenvalue weighted by molar-refractivity contribution is 0.498. The molecule has 0 aliphatic carbocycles. The number of hydrogen-bond donors (Lipinski definition) is 0. The van der Waals surface area contributed by atoms with E-state index in [1.807, 2.05) is 0 Å². The van der Waals surface area contributed by atoms with Gasteiger partial charge in [-0.25, -0.2) is 9.97 Å². The smallest absolute Gasteiger partial charge is 0.226 e. The summed E-state index contributed by atoms with van der Waals surface area (Å²) in [6.07, 6.45) is 3.78. The van der Waals surface area contributed by atoms with Crippen molar-refractivity contribution in [3.8, 4) is 6.07 Å². The van der Waals surface area contributed by atoms with Crippen LogP contribution in [-0.4, -0.2) is 22.6 Å². The summed E-state index contributed by atoms with van der Waals surface area (Å²) in [6.45, 7) is 9.64. The molecule has 4 heteroatoms. The number of hydrogen-bond acceptors (Lipinski definition) is 4. The zero-order valence-corrected chi connectivity index (χ0v) is 11.7. The molecule has 0 N–H and O–H groups in total. The van der Waals surface area contributed by atoms with E-state index in [0.717, 1.165) is 19.4 Å². The van der Waals surface area contributed by atoms with Crippen molar-refractivity contribution < 1.29 is 0 Å². The summed E-state index contributed by atoms with van der Waals surface area (Å²) in [7, 11) is 0. The Hall–Kier alpha value is -1.63. The molecule has 1 aromatic rings. The normalized spacial score (nSPS) is 10.7. The molecular formula is C14H22N4. The van der Waals surface area contributed by atoms with E-state index in [-0.39, 0.29) is 0 Å². The largest absolute Gasteiger partial charge is 0.338 e. The van der Waals surface area contributed by atoms with E-state index in [1.165, 1.54) is 0 Å². The van der Waals surface area contributed by atoms with Gasteiger partial charge < -0.3 is 4.90 Å². The first kappa shape index (κ1) is 14.4. The van der Waals surface area contributed by atoms with Crippen molar-refractivity contribution in [2.24, 2.45) is 5.92 Å². The Balaban J connectivity index is 3.04. The Labute approximate surface area is 110 Å². The van der Waals surface area contributed by atoms with Crippen LogP contribution in [0.3, 0.4) is 0 Å². The molecule has 1 heterocycles. The van der Waals surface area contributed by atoms with E-state index in [4.69, 9.17) is 5.26 Å². The van der Waals surface area contributed by atoms with Crippen LogP contribution in [0.4, 0.5) is 5.95 Å². The van der Waals surface area contributed by atoms with Gasteiger partial charge in [-0.1, -0.05) is 27.7 Å². The molecule has 0 spiro atoms. The first-order valence-corrected chi connectivity index (χ1v) is 6.62. The molecule has 18 heavy (non-hydrogen) atoms. The van der Waals surface area contributed by atoms with Gasteiger partial charge in [0.1, 0.15) is 11.8 Å². The zero-order chi connectivity index (χ0) is 13.5. The van der Waals surface area contributed by atoms with Crippen LogP contribution in [0, 0.1) is 17.2 Å². The fraction of sp³-hybridized carbons (Fsp3) is 0.643. The first-order chi connectivity index (χ1) is 8.62. The summed E-state index contributed by atoms with van der Waals surface area (Å²) >= 11 is 0. The van der Waals surface area contributed by atoms with Gasteiger partial charge in [-0.05, 0) is 24.8 Å². The van der Waals surface area contributed by atoms with E-state index in [0.29, 0.717) is 23.6 Å². The minimum absolute atomic E-state index is 0.430. The minimum Gasteiger partial charge on any atom is -0.338 e. The molecule has 0 unspecified atom stereocenters. The highest BCUT2D eigenvalue weighted by molar-refractivity contribution is 5.35. The molecule has 0 saturated carbocycles. The number of nitriles is 1. The van der Waals surface area contributed by atoms with Crippen molar-refractivity contribution in [2.75, 3.05) is 11.4 Å². The molecular weight excluding hydrogens is 224 g/mol. The van der Waals surface area contributed by atoms with Crippen LogP contribution >= 0.6 is 0 Å². The second-order valence-corrected chi connectivity index (χ2v) is 4.87. The topological polar surface area (TPSA) is 52.8 Å². The Morgan fingerprint density at radius 2 is 2.00 bits per heavy atom. The molecule has 0 saturated heterocycles. The molecule has 0 aliphatic rings. The predicted molar refractivity (Wildman–Crippen MR) is 73.3 cm³/mol. The van der Waals surface area contributed by atoms with E-state index in [1.54, 1.807) is 12.3 Å². The molecule has 4 nitrogen and oxygen atoms in total. The van der Waals surface area contributed by atoms with Crippen molar-refractivity contribution in [1.29, 1.82) is 5.26 Å². The SMILES string of the molecule is CCC(CC)N(CC(C)C)c1nccc(C#N)n1. The molecule has 0 fully saturated rings. The maximum atomic E-state index is 8.92. The van der Waals surface area contributed by atoms with Gasteiger partial charge in [-0.15, -0.1) is 0 Å². The summed E-state index contributed by atoms with van der Waals surface area (Å²) in [6, 6.07) is 4.15. The van der Waals surface area contributed by atoms with Gasteiger partial charge in [0.05, 0.1) is 0 Å². The van der Waals surface area contributed by atoms with Gasteiger partial charge in [-0.3, -0.25) is 0 Å². The second kappa shape index (κ2) is 6.95. The highest BCUT2D eigenvalue weighted by Gasteiger charge is 2.19. The molecule has 0 radical (unpaired) electrons. The predicted octanol–water partition coefficient (Wildman–Crippen LogP) is 3.00. The Morgan fingerprint density at radius 3 is 2.50 bits per heavy atom. The van der Waals surface area contributed by atoms with Crippen LogP contribution in [0.2, 0.25) is 0 Å². The number of aromatic nitrogens is 2. The molecule has 1 aromatic heterocycles. The van der Waals surface area contributed by atoms with E-state index < -0.39 is 0 Å². The first-order valence-electron chi connectivity index (χ1n) is 6.62. The lowest BCUT2D eigenvalue weighted by Gasteiger charge is -2.32. The van der Waals surface area contributed by atoms with E-state index in [2.05, 4.69) is 48.6 Å². The summed E-state index contributed by atoms with van der Waals surface area (Å²) < 4.78 is 0. The Bertz CT molecular complexity index is 405. The summed E-state index contributed by atoms with van der Waals surface area (Å²) in [4.78, 5) is 10.9. The van der Waals surface area contributed by atoms with Gasteiger partial charge >= 0.3 is 0 Å². The Morgan fingerprint density at radius 1 is 1.33 bits per heavy atom. The maximum absolute atomic E-state index is 8.92. The van der Waals surface area contributed by atoms with Crippen LogP contribution in [0.15, 0.2) is 12.3 Å². The summed E-state index contributed by atoms with van der Waals surface area (Å²) in [5, 5.41) is 8.92. The van der Waals surface area contributed by atoms with Gasteiger partial charge in [0.15, 0.2) is 0 Å². The molecule has 1 rings (SSSR count). The third kappa shape index (κ3) is 3.69. The van der Waals surface area contributed by atoms with Crippen molar-refractivity contribution in [3.05, 3.63) is 18.0 Å². The van der Waals surface area contributed by atoms with Gasteiger partial charge in [0.2, 0.25) is 5.95 Å². The fourth-order valence-electron chi connectivity index (χ4n) is 2.07. The third-order valence-corrected chi connectivity index (χ3v) is 2.96. The zero-order valence-electron chi connectivity index (χ0n) is 11.7. The molecule has 98 valence electrons. The minimum atomic E-state index is 0.430. The Kier molecular flexibility index (Phi) is 5.57. The second-order valence-electron chi connectivity index (χ2n) is 4.87. The molecule has 0 aromatic carbocycles. The van der Waals surface area contributed by atoms with Crippen LogP contribution < -0.4 is 4.90 Å².